The number of thiophene rings is 1. The summed E-state index contributed by atoms with van der Waals surface area (Å²) in [6, 6.07) is 2.83. The largest absolute Gasteiger partial charge is 0.354 e. The van der Waals surface area contributed by atoms with Crippen molar-refractivity contribution in [2.45, 2.75) is 25.8 Å². The van der Waals surface area contributed by atoms with E-state index in [1.807, 2.05) is 7.05 Å². The molecule has 1 N–H and O–H groups in total. The molecule has 0 radical (unpaired) electrons. The smallest absolute Gasteiger partial charge is 0.140 e. The third kappa shape index (κ3) is 1.97. The SMILES string of the molecule is CCc1cc2c(N3CCC(NC)C3)ncnc2s1. The maximum Gasteiger partial charge on any atom is 0.140 e. The average molecular weight is 262 g/mol. The molecule has 0 aromatic carbocycles. The second-order valence-electron chi connectivity index (χ2n) is 4.70. The van der Waals surface area contributed by atoms with Crippen LogP contribution in [0, 0.1) is 0 Å². The number of nitrogens with zero attached hydrogens (tertiary/aromatic N) is 3. The van der Waals surface area contributed by atoms with E-state index in [1.165, 1.54) is 16.7 Å². The van der Waals surface area contributed by atoms with Crippen LogP contribution in [0.5, 0.6) is 0 Å². The third-order valence-corrected chi connectivity index (χ3v) is 4.79. The molecular formula is C13H18N4S. The maximum absolute atomic E-state index is 4.50. The molecule has 0 spiro atoms. The lowest BCUT2D eigenvalue weighted by molar-refractivity contribution is 0.616. The number of aromatic nitrogens is 2. The van der Waals surface area contributed by atoms with Gasteiger partial charge >= 0.3 is 0 Å². The zero-order valence-corrected chi connectivity index (χ0v) is 11.6. The fourth-order valence-corrected chi connectivity index (χ4v) is 3.44. The highest BCUT2D eigenvalue weighted by Crippen LogP contribution is 2.31. The van der Waals surface area contributed by atoms with Crippen LogP contribution >= 0.6 is 11.3 Å². The summed E-state index contributed by atoms with van der Waals surface area (Å²) in [5, 5.41) is 4.56. The quantitative estimate of drug-likeness (QED) is 0.919. The minimum Gasteiger partial charge on any atom is -0.354 e. The van der Waals surface area contributed by atoms with Gasteiger partial charge in [0, 0.05) is 24.0 Å². The molecular weight excluding hydrogens is 244 g/mol. The summed E-state index contributed by atoms with van der Waals surface area (Å²) in [5.74, 6) is 1.11. The van der Waals surface area contributed by atoms with E-state index in [1.54, 1.807) is 17.7 Å². The maximum atomic E-state index is 4.50. The van der Waals surface area contributed by atoms with Gasteiger partial charge in [-0.1, -0.05) is 6.92 Å². The van der Waals surface area contributed by atoms with Crippen molar-refractivity contribution in [3.8, 4) is 0 Å². The number of likely N-dealkylation sites (N-methyl/N-ethyl adjacent to an activating group) is 1. The molecule has 4 nitrogen and oxygen atoms in total. The lowest BCUT2D eigenvalue weighted by atomic mass is 10.3. The molecule has 1 atom stereocenters. The number of rotatable bonds is 3. The Morgan fingerprint density at radius 2 is 2.39 bits per heavy atom. The molecule has 0 bridgehead atoms. The summed E-state index contributed by atoms with van der Waals surface area (Å²) < 4.78 is 0. The molecule has 3 rings (SSSR count). The molecule has 1 aliphatic heterocycles. The number of hydrogen-bond donors (Lipinski definition) is 1. The lowest BCUT2D eigenvalue weighted by Crippen LogP contribution is -2.29. The fourth-order valence-electron chi connectivity index (χ4n) is 2.51. The van der Waals surface area contributed by atoms with Gasteiger partial charge in [0.15, 0.2) is 0 Å². The van der Waals surface area contributed by atoms with Crippen molar-refractivity contribution in [2.24, 2.45) is 0 Å². The van der Waals surface area contributed by atoms with Crippen LogP contribution < -0.4 is 10.2 Å². The van der Waals surface area contributed by atoms with Crippen molar-refractivity contribution in [1.29, 1.82) is 0 Å². The summed E-state index contributed by atoms with van der Waals surface area (Å²) in [7, 11) is 2.03. The van der Waals surface area contributed by atoms with Crippen LogP contribution in [-0.2, 0) is 6.42 Å². The van der Waals surface area contributed by atoms with Crippen LogP contribution in [0.15, 0.2) is 12.4 Å². The molecule has 0 aliphatic carbocycles. The van der Waals surface area contributed by atoms with Gasteiger partial charge in [0.1, 0.15) is 17.0 Å². The van der Waals surface area contributed by atoms with Gasteiger partial charge in [0.2, 0.25) is 0 Å². The average Bonchev–Trinajstić information content (AvgIpc) is 3.04. The van der Waals surface area contributed by atoms with Crippen LogP contribution in [0.3, 0.4) is 0 Å². The van der Waals surface area contributed by atoms with E-state index in [0.29, 0.717) is 6.04 Å². The Morgan fingerprint density at radius 1 is 1.50 bits per heavy atom. The van der Waals surface area contributed by atoms with Crippen molar-refractivity contribution >= 4 is 27.4 Å². The summed E-state index contributed by atoms with van der Waals surface area (Å²) in [5.41, 5.74) is 0. The van der Waals surface area contributed by atoms with E-state index in [4.69, 9.17) is 0 Å². The number of hydrogen-bond acceptors (Lipinski definition) is 5. The Bertz CT molecular complexity index is 551. The first-order chi connectivity index (χ1) is 8.81. The van der Waals surface area contributed by atoms with Crippen molar-refractivity contribution < 1.29 is 0 Å². The van der Waals surface area contributed by atoms with Gasteiger partial charge in [-0.05, 0) is 26.0 Å². The first kappa shape index (κ1) is 11.9. The Kier molecular flexibility index (Phi) is 3.18. The zero-order chi connectivity index (χ0) is 12.5. The highest BCUT2D eigenvalue weighted by Gasteiger charge is 2.24. The first-order valence-electron chi connectivity index (χ1n) is 6.47. The fraction of sp³-hybridized carbons (Fsp3) is 0.538. The van der Waals surface area contributed by atoms with Crippen LogP contribution in [0.4, 0.5) is 5.82 Å². The minimum atomic E-state index is 0.583. The van der Waals surface area contributed by atoms with Crippen LogP contribution in [0.2, 0.25) is 0 Å². The van der Waals surface area contributed by atoms with E-state index in [9.17, 15) is 0 Å². The summed E-state index contributed by atoms with van der Waals surface area (Å²) in [6.45, 7) is 4.31. The number of anilines is 1. The first-order valence-corrected chi connectivity index (χ1v) is 7.29. The van der Waals surface area contributed by atoms with E-state index in [-0.39, 0.29) is 0 Å². The highest BCUT2D eigenvalue weighted by molar-refractivity contribution is 7.18. The standard InChI is InChI=1S/C13H18N4S/c1-3-10-6-11-12(15-8-16-13(11)18-10)17-5-4-9(7-17)14-2/h6,8-9,14H,3-5,7H2,1-2H3. The van der Waals surface area contributed by atoms with E-state index in [2.05, 4.69) is 33.2 Å². The zero-order valence-electron chi connectivity index (χ0n) is 10.8. The normalized spacial score (nSPS) is 19.9. The van der Waals surface area contributed by atoms with Gasteiger partial charge in [0.05, 0.1) is 5.39 Å². The predicted molar refractivity (Wildman–Crippen MR) is 76.5 cm³/mol. The van der Waals surface area contributed by atoms with Gasteiger partial charge in [0.25, 0.3) is 0 Å². The second-order valence-corrected chi connectivity index (χ2v) is 5.82. The Hall–Kier alpha value is -1.20. The molecule has 96 valence electrons. The molecule has 1 fully saturated rings. The molecule has 1 saturated heterocycles. The molecule has 18 heavy (non-hydrogen) atoms. The topological polar surface area (TPSA) is 41.0 Å². The Labute approximate surface area is 111 Å². The molecule has 3 heterocycles. The predicted octanol–water partition coefficient (Wildman–Crippen LogP) is 2.05. The summed E-state index contributed by atoms with van der Waals surface area (Å²) in [4.78, 5) is 13.8. The highest BCUT2D eigenvalue weighted by atomic mass is 32.1. The van der Waals surface area contributed by atoms with Gasteiger partial charge in [-0.2, -0.15) is 0 Å². The van der Waals surface area contributed by atoms with Gasteiger partial charge in [-0.15, -0.1) is 11.3 Å². The van der Waals surface area contributed by atoms with Crippen LogP contribution in [0.1, 0.15) is 18.2 Å². The van der Waals surface area contributed by atoms with Gasteiger partial charge in [-0.25, -0.2) is 9.97 Å². The van der Waals surface area contributed by atoms with Crippen molar-refractivity contribution in [2.75, 3.05) is 25.0 Å². The van der Waals surface area contributed by atoms with Crippen LogP contribution in [-0.4, -0.2) is 36.1 Å². The molecule has 0 saturated carbocycles. The van der Waals surface area contributed by atoms with E-state index >= 15 is 0 Å². The number of nitrogens with one attached hydrogen (secondary N) is 1. The molecule has 5 heteroatoms. The Balaban J connectivity index is 1.98. The summed E-state index contributed by atoms with van der Waals surface area (Å²) in [6.07, 6.45) is 3.95. The van der Waals surface area contributed by atoms with E-state index in [0.717, 1.165) is 30.2 Å². The molecule has 1 aliphatic rings. The van der Waals surface area contributed by atoms with E-state index < -0.39 is 0 Å². The van der Waals surface area contributed by atoms with Crippen molar-refractivity contribution in [3.05, 3.63) is 17.3 Å². The van der Waals surface area contributed by atoms with Crippen molar-refractivity contribution in [3.63, 3.8) is 0 Å². The molecule has 1 unspecified atom stereocenters. The van der Waals surface area contributed by atoms with Gasteiger partial charge < -0.3 is 10.2 Å². The van der Waals surface area contributed by atoms with Crippen molar-refractivity contribution in [1.82, 2.24) is 15.3 Å². The number of fused-ring (bicyclic) bond motifs is 1. The second kappa shape index (κ2) is 4.82. The molecule has 2 aromatic heterocycles. The monoisotopic (exact) mass is 262 g/mol. The summed E-state index contributed by atoms with van der Waals surface area (Å²) >= 11 is 1.78. The third-order valence-electron chi connectivity index (χ3n) is 3.60. The number of aryl methyl sites for hydroxylation is 1. The Morgan fingerprint density at radius 3 is 3.11 bits per heavy atom. The van der Waals surface area contributed by atoms with Gasteiger partial charge in [-0.3, -0.25) is 0 Å². The lowest BCUT2D eigenvalue weighted by Gasteiger charge is -2.17. The minimum absolute atomic E-state index is 0.583. The molecule has 0 amide bonds. The molecule has 2 aromatic rings. The van der Waals surface area contributed by atoms with Crippen LogP contribution in [0.25, 0.3) is 10.2 Å².